The van der Waals surface area contributed by atoms with Crippen molar-refractivity contribution in [1.29, 1.82) is 0 Å². The molecule has 1 aliphatic rings. The number of rotatable bonds is 6. The van der Waals surface area contributed by atoms with E-state index in [9.17, 15) is 0 Å². The molecule has 1 aliphatic carbocycles. The molecule has 19 heavy (non-hydrogen) atoms. The Kier molecular flexibility index (Phi) is 5.77. The number of hydrogen-bond donors (Lipinski definition) is 1. The first-order chi connectivity index (χ1) is 9.20. The summed E-state index contributed by atoms with van der Waals surface area (Å²) >= 11 is 2.02. The topological polar surface area (TPSA) is 12.0 Å². The van der Waals surface area contributed by atoms with Crippen LogP contribution in [0.3, 0.4) is 0 Å². The van der Waals surface area contributed by atoms with Crippen molar-refractivity contribution >= 4 is 11.8 Å². The lowest BCUT2D eigenvalue weighted by molar-refractivity contribution is 0.394. The predicted molar refractivity (Wildman–Crippen MR) is 86.1 cm³/mol. The molecule has 0 radical (unpaired) electrons. The maximum absolute atomic E-state index is 3.70. The molecule has 1 unspecified atom stereocenters. The van der Waals surface area contributed by atoms with Gasteiger partial charge >= 0.3 is 0 Å². The summed E-state index contributed by atoms with van der Waals surface area (Å²) in [7, 11) is 0. The van der Waals surface area contributed by atoms with Gasteiger partial charge in [0.1, 0.15) is 0 Å². The summed E-state index contributed by atoms with van der Waals surface area (Å²) in [6.07, 6.45) is 5.71. The molecule has 1 atom stereocenters. The monoisotopic (exact) mass is 277 g/mol. The Morgan fingerprint density at radius 2 is 1.95 bits per heavy atom. The second kappa shape index (κ2) is 7.35. The van der Waals surface area contributed by atoms with Crippen LogP contribution in [0.15, 0.2) is 23.1 Å². The summed E-state index contributed by atoms with van der Waals surface area (Å²) < 4.78 is 0. The van der Waals surface area contributed by atoms with Crippen LogP contribution in [0, 0.1) is 19.8 Å². The lowest BCUT2D eigenvalue weighted by Gasteiger charge is -2.24. The van der Waals surface area contributed by atoms with Crippen LogP contribution in [0.1, 0.15) is 43.7 Å². The van der Waals surface area contributed by atoms with Crippen LogP contribution in [-0.4, -0.2) is 18.3 Å². The predicted octanol–water partition coefficient (Wildman–Crippen LogP) is 4.56. The van der Waals surface area contributed by atoms with Crippen molar-refractivity contribution in [1.82, 2.24) is 5.32 Å². The fourth-order valence-corrected chi connectivity index (χ4v) is 4.16. The third-order valence-electron chi connectivity index (χ3n) is 4.34. The van der Waals surface area contributed by atoms with E-state index in [-0.39, 0.29) is 0 Å². The SMILES string of the molecule is CCNC(CSc1ccc(C)c(C)c1)C1CCCC1. The highest BCUT2D eigenvalue weighted by Gasteiger charge is 2.24. The van der Waals surface area contributed by atoms with E-state index in [4.69, 9.17) is 0 Å². The zero-order valence-electron chi connectivity index (χ0n) is 12.5. The van der Waals surface area contributed by atoms with Gasteiger partial charge in [0, 0.05) is 16.7 Å². The van der Waals surface area contributed by atoms with E-state index in [1.807, 2.05) is 11.8 Å². The summed E-state index contributed by atoms with van der Waals surface area (Å²) in [5.74, 6) is 2.11. The van der Waals surface area contributed by atoms with Crippen molar-refractivity contribution in [2.45, 2.75) is 57.4 Å². The molecule has 0 aliphatic heterocycles. The van der Waals surface area contributed by atoms with Crippen LogP contribution in [0.4, 0.5) is 0 Å². The van der Waals surface area contributed by atoms with E-state index in [0.717, 1.165) is 12.5 Å². The maximum atomic E-state index is 3.70. The maximum Gasteiger partial charge on any atom is 0.0189 e. The number of benzene rings is 1. The summed E-state index contributed by atoms with van der Waals surface area (Å²) in [5.41, 5.74) is 2.80. The summed E-state index contributed by atoms with van der Waals surface area (Å²) in [6.45, 7) is 7.71. The fraction of sp³-hybridized carbons (Fsp3) is 0.647. The molecule has 1 fully saturated rings. The van der Waals surface area contributed by atoms with Gasteiger partial charge in [-0.15, -0.1) is 11.8 Å². The van der Waals surface area contributed by atoms with Gasteiger partial charge in [-0.25, -0.2) is 0 Å². The molecule has 1 nitrogen and oxygen atoms in total. The molecule has 2 heteroatoms. The average molecular weight is 277 g/mol. The number of thioether (sulfide) groups is 1. The Balaban J connectivity index is 1.91. The zero-order valence-corrected chi connectivity index (χ0v) is 13.4. The molecule has 1 aromatic carbocycles. The van der Waals surface area contributed by atoms with E-state index in [0.29, 0.717) is 6.04 Å². The number of aryl methyl sites for hydroxylation is 2. The molecular formula is C17H27NS. The van der Waals surface area contributed by atoms with E-state index < -0.39 is 0 Å². The molecule has 1 N–H and O–H groups in total. The first-order valence-electron chi connectivity index (χ1n) is 7.64. The van der Waals surface area contributed by atoms with Crippen molar-refractivity contribution < 1.29 is 0 Å². The summed E-state index contributed by atoms with van der Waals surface area (Å²) in [6, 6.07) is 7.54. The van der Waals surface area contributed by atoms with Crippen LogP contribution in [0.25, 0.3) is 0 Å². The Morgan fingerprint density at radius 1 is 1.21 bits per heavy atom. The summed E-state index contributed by atoms with van der Waals surface area (Å²) in [5, 5.41) is 3.70. The quantitative estimate of drug-likeness (QED) is 0.765. The third-order valence-corrected chi connectivity index (χ3v) is 5.46. The van der Waals surface area contributed by atoms with E-state index in [2.05, 4.69) is 44.3 Å². The molecule has 0 spiro atoms. The minimum absolute atomic E-state index is 0.694. The number of nitrogens with one attached hydrogen (secondary N) is 1. The number of hydrogen-bond acceptors (Lipinski definition) is 2. The molecule has 0 aromatic heterocycles. The van der Waals surface area contributed by atoms with Crippen LogP contribution in [-0.2, 0) is 0 Å². The Morgan fingerprint density at radius 3 is 2.58 bits per heavy atom. The fourth-order valence-electron chi connectivity index (χ4n) is 2.97. The molecule has 1 aromatic rings. The van der Waals surface area contributed by atoms with E-state index in [1.165, 1.54) is 47.5 Å². The van der Waals surface area contributed by atoms with Gasteiger partial charge in [-0.2, -0.15) is 0 Å². The van der Waals surface area contributed by atoms with E-state index in [1.54, 1.807) is 0 Å². The molecule has 106 valence electrons. The third kappa shape index (κ3) is 4.25. The zero-order chi connectivity index (χ0) is 13.7. The van der Waals surface area contributed by atoms with Crippen LogP contribution in [0.2, 0.25) is 0 Å². The lowest BCUT2D eigenvalue weighted by Crippen LogP contribution is -2.37. The van der Waals surface area contributed by atoms with Gasteiger partial charge in [0.25, 0.3) is 0 Å². The van der Waals surface area contributed by atoms with Crippen molar-refractivity contribution in [3.05, 3.63) is 29.3 Å². The van der Waals surface area contributed by atoms with Gasteiger partial charge < -0.3 is 5.32 Å². The van der Waals surface area contributed by atoms with Gasteiger partial charge in [0.15, 0.2) is 0 Å². The first kappa shape index (κ1) is 14.9. The highest BCUT2D eigenvalue weighted by Crippen LogP contribution is 2.31. The van der Waals surface area contributed by atoms with Crippen molar-refractivity contribution in [2.75, 3.05) is 12.3 Å². The Labute approximate surface area is 122 Å². The van der Waals surface area contributed by atoms with Gasteiger partial charge in [0.05, 0.1) is 0 Å². The molecule has 1 saturated carbocycles. The van der Waals surface area contributed by atoms with Gasteiger partial charge in [-0.05, 0) is 62.4 Å². The first-order valence-corrected chi connectivity index (χ1v) is 8.62. The minimum atomic E-state index is 0.694. The molecule has 0 amide bonds. The molecular weight excluding hydrogens is 250 g/mol. The lowest BCUT2D eigenvalue weighted by atomic mass is 10.00. The largest absolute Gasteiger partial charge is 0.313 e. The molecule has 0 heterocycles. The van der Waals surface area contributed by atoms with Crippen molar-refractivity contribution in [3.8, 4) is 0 Å². The van der Waals surface area contributed by atoms with E-state index >= 15 is 0 Å². The summed E-state index contributed by atoms with van der Waals surface area (Å²) in [4.78, 5) is 1.42. The smallest absolute Gasteiger partial charge is 0.0189 e. The van der Waals surface area contributed by atoms with Crippen LogP contribution >= 0.6 is 11.8 Å². The average Bonchev–Trinajstić information content (AvgIpc) is 2.92. The standard InChI is InChI=1S/C17H27NS/c1-4-18-17(15-7-5-6-8-15)12-19-16-10-9-13(2)14(3)11-16/h9-11,15,17-18H,4-8,12H2,1-3H3. The second-order valence-corrected chi connectivity index (χ2v) is 6.86. The minimum Gasteiger partial charge on any atom is -0.313 e. The molecule has 0 saturated heterocycles. The van der Waals surface area contributed by atoms with Crippen molar-refractivity contribution in [2.24, 2.45) is 5.92 Å². The normalized spacial score (nSPS) is 17.8. The molecule has 2 rings (SSSR count). The van der Waals surface area contributed by atoms with Crippen LogP contribution < -0.4 is 5.32 Å². The van der Waals surface area contributed by atoms with Crippen molar-refractivity contribution in [3.63, 3.8) is 0 Å². The Hall–Kier alpha value is -0.470. The highest BCUT2D eigenvalue weighted by molar-refractivity contribution is 7.99. The van der Waals surface area contributed by atoms with Crippen LogP contribution in [0.5, 0.6) is 0 Å². The van der Waals surface area contributed by atoms with Gasteiger partial charge in [0.2, 0.25) is 0 Å². The second-order valence-electron chi connectivity index (χ2n) is 5.77. The Bertz CT molecular complexity index is 396. The van der Waals surface area contributed by atoms with Gasteiger partial charge in [-0.1, -0.05) is 25.8 Å². The molecule has 0 bridgehead atoms. The van der Waals surface area contributed by atoms with Gasteiger partial charge in [-0.3, -0.25) is 0 Å². The highest BCUT2D eigenvalue weighted by atomic mass is 32.2.